The highest BCUT2D eigenvalue weighted by atomic mass is 79.9. The summed E-state index contributed by atoms with van der Waals surface area (Å²) in [5.41, 5.74) is 2.82. The van der Waals surface area contributed by atoms with Gasteiger partial charge in [0.1, 0.15) is 23.4 Å². The Bertz CT molecular complexity index is 1510. The molecule has 0 aliphatic carbocycles. The number of Topliss-reactive ketones (excluding diaryl/α,β-unsaturated/α-hetero) is 1. The summed E-state index contributed by atoms with van der Waals surface area (Å²) in [5.74, 6) is -0.941. The van der Waals surface area contributed by atoms with Crippen LogP contribution in [0.5, 0.6) is 0 Å². The third-order valence-corrected chi connectivity index (χ3v) is 6.60. The van der Waals surface area contributed by atoms with Crippen molar-refractivity contribution in [3.63, 3.8) is 0 Å². The lowest BCUT2D eigenvalue weighted by Crippen LogP contribution is -2.44. The molecule has 0 unspecified atom stereocenters. The minimum atomic E-state index is -1.33. The first-order chi connectivity index (χ1) is 17.8. The summed E-state index contributed by atoms with van der Waals surface area (Å²) in [6, 6.07) is 6.37. The maximum absolute atomic E-state index is 14.4. The molecule has 1 aliphatic rings. The molecule has 1 aromatic carbocycles. The third kappa shape index (κ3) is 5.10. The fourth-order valence-corrected chi connectivity index (χ4v) is 4.82. The van der Waals surface area contributed by atoms with E-state index in [0.717, 1.165) is 11.1 Å². The van der Waals surface area contributed by atoms with Crippen molar-refractivity contribution in [2.24, 2.45) is 0 Å². The lowest BCUT2D eigenvalue weighted by atomic mass is 10.0. The zero-order valence-electron chi connectivity index (χ0n) is 19.6. The number of likely N-dealkylation sites (tertiary alicyclic amines) is 1. The molecule has 2 atom stereocenters. The first-order valence-electron chi connectivity index (χ1n) is 11.4. The Hall–Kier alpha value is -4.06. The van der Waals surface area contributed by atoms with Crippen LogP contribution in [0, 0.1) is 0 Å². The van der Waals surface area contributed by atoms with Gasteiger partial charge >= 0.3 is 0 Å². The number of fused-ring (bicyclic) bond motifs is 1. The average Bonchev–Trinajstić information content (AvgIpc) is 3.45. The van der Waals surface area contributed by atoms with Crippen LogP contribution in [0.3, 0.4) is 0 Å². The monoisotopic (exact) mass is 565 g/mol. The van der Waals surface area contributed by atoms with Crippen molar-refractivity contribution in [3.8, 4) is 11.1 Å². The zero-order valence-corrected chi connectivity index (χ0v) is 21.2. The van der Waals surface area contributed by atoms with Gasteiger partial charge in [0, 0.05) is 34.6 Å². The van der Waals surface area contributed by atoms with Gasteiger partial charge in [0.2, 0.25) is 11.8 Å². The molecule has 1 N–H and O–H groups in total. The van der Waals surface area contributed by atoms with E-state index in [0.29, 0.717) is 21.1 Å². The molecule has 12 heteroatoms. The molecule has 1 fully saturated rings. The molecule has 1 aliphatic heterocycles. The smallest absolute Gasteiger partial charge is 0.248 e. The first kappa shape index (κ1) is 24.6. The summed E-state index contributed by atoms with van der Waals surface area (Å²) >= 11 is 3.18. The number of rotatable bonds is 6. The summed E-state index contributed by atoms with van der Waals surface area (Å²) in [6.07, 6.45) is 6.20. The van der Waals surface area contributed by atoms with Crippen molar-refractivity contribution < 1.29 is 18.8 Å². The molecule has 0 saturated carbocycles. The van der Waals surface area contributed by atoms with Crippen LogP contribution >= 0.6 is 15.9 Å². The number of amides is 2. The van der Waals surface area contributed by atoms with E-state index in [4.69, 9.17) is 0 Å². The van der Waals surface area contributed by atoms with Crippen molar-refractivity contribution in [3.05, 3.63) is 65.4 Å². The highest BCUT2D eigenvalue weighted by molar-refractivity contribution is 9.10. The highest BCUT2D eigenvalue weighted by Crippen LogP contribution is 2.29. The van der Waals surface area contributed by atoms with E-state index in [-0.39, 0.29) is 31.1 Å². The van der Waals surface area contributed by atoms with Crippen LogP contribution in [-0.4, -0.2) is 66.0 Å². The van der Waals surface area contributed by atoms with Crippen LogP contribution in [0.4, 0.5) is 10.2 Å². The summed E-state index contributed by atoms with van der Waals surface area (Å²) in [7, 11) is 0. The minimum absolute atomic E-state index is 0.118. The molecule has 4 heterocycles. The van der Waals surface area contributed by atoms with Crippen LogP contribution in [-0.2, 0) is 16.1 Å². The second-order valence-corrected chi connectivity index (χ2v) is 9.51. The number of carbonyl (C=O) groups excluding carboxylic acids is 3. The lowest BCUT2D eigenvalue weighted by molar-refractivity contribution is -0.137. The van der Waals surface area contributed by atoms with Crippen LogP contribution in [0.1, 0.15) is 23.7 Å². The average molecular weight is 566 g/mol. The first-order valence-corrected chi connectivity index (χ1v) is 12.2. The highest BCUT2D eigenvalue weighted by Gasteiger charge is 2.40. The third-order valence-electron chi connectivity index (χ3n) is 6.21. The largest absolute Gasteiger partial charge is 0.337 e. The van der Waals surface area contributed by atoms with Gasteiger partial charge in [0.15, 0.2) is 11.6 Å². The van der Waals surface area contributed by atoms with Crippen molar-refractivity contribution in [2.75, 3.05) is 11.9 Å². The molecule has 0 radical (unpaired) electrons. The zero-order chi connectivity index (χ0) is 26.1. The second-order valence-electron chi connectivity index (χ2n) is 8.70. The molecular formula is C25H21BrFN7O3. The molecule has 0 bridgehead atoms. The predicted octanol–water partition coefficient (Wildman–Crippen LogP) is 3.43. The normalized spacial score (nSPS) is 17.2. The van der Waals surface area contributed by atoms with E-state index in [9.17, 15) is 18.8 Å². The maximum Gasteiger partial charge on any atom is 0.248 e. The van der Waals surface area contributed by atoms with Gasteiger partial charge in [0.05, 0.1) is 31.3 Å². The van der Waals surface area contributed by atoms with E-state index < -0.39 is 24.0 Å². The predicted molar refractivity (Wildman–Crippen MR) is 136 cm³/mol. The van der Waals surface area contributed by atoms with Gasteiger partial charge < -0.3 is 14.8 Å². The fraction of sp³-hybridized carbons (Fsp3) is 0.240. The molecular weight excluding hydrogens is 545 g/mol. The quantitative estimate of drug-likeness (QED) is 0.355. The molecule has 188 valence electrons. The Kier molecular flexibility index (Phi) is 6.74. The fourth-order valence-electron chi connectivity index (χ4n) is 4.51. The van der Waals surface area contributed by atoms with Crippen molar-refractivity contribution >= 4 is 50.2 Å². The van der Waals surface area contributed by atoms with Crippen molar-refractivity contribution in [2.45, 2.75) is 32.1 Å². The van der Waals surface area contributed by atoms with E-state index >= 15 is 0 Å². The van der Waals surface area contributed by atoms with Crippen LogP contribution in [0.15, 0.2) is 59.9 Å². The van der Waals surface area contributed by atoms with E-state index in [1.807, 2.05) is 24.3 Å². The number of aromatic nitrogens is 5. The molecule has 4 aromatic rings. The van der Waals surface area contributed by atoms with Crippen LogP contribution in [0.25, 0.3) is 22.0 Å². The number of anilines is 1. The number of nitrogens with one attached hydrogen (secondary N) is 1. The number of hydrogen-bond donors (Lipinski definition) is 1. The Balaban J connectivity index is 1.41. The Labute approximate surface area is 219 Å². The summed E-state index contributed by atoms with van der Waals surface area (Å²) in [5, 5.41) is 11.0. The number of carbonyl (C=O) groups is 3. The van der Waals surface area contributed by atoms with Crippen LogP contribution < -0.4 is 5.32 Å². The van der Waals surface area contributed by atoms with E-state index in [1.165, 1.54) is 24.2 Å². The number of ketones is 1. The van der Waals surface area contributed by atoms with Gasteiger partial charge in [-0.05, 0) is 46.6 Å². The SMILES string of the molecule is CC(=O)c1cn(CC(=O)N2C[C@H](F)C[C@H]2C(=O)Nc2cncc(Br)n2)c2ccc(-c3ccnnc3)cc12. The minimum Gasteiger partial charge on any atom is -0.337 e. The molecule has 5 rings (SSSR count). The van der Waals surface area contributed by atoms with Gasteiger partial charge in [-0.15, -0.1) is 0 Å². The molecule has 0 spiro atoms. The molecule has 2 amide bonds. The maximum atomic E-state index is 14.4. The molecule has 1 saturated heterocycles. The number of nitrogens with zero attached hydrogens (tertiary/aromatic N) is 6. The topological polar surface area (TPSA) is 123 Å². The molecule has 37 heavy (non-hydrogen) atoms. The van der Waals surface area contributed by atoms with Gasteiger partial charge in [0.25, 0.3) is 0 Å². The van der Waals surface area contributed by atoms with Gasteiger partial charge in [-0.2, -0.15) is 10.2 Å². The lowest BCUT2D eigenvalue weighted by Gasteiger charge is -2.24. The Morgan fingerprint density at radius 2 is 1.97 bits per heavy atom. The summed E-state index contributed by atoms with van der Waals surface area (Å²) < 4.78 is 16.5. The number of benzene rings is 1. The molecule has 10 nitrogen and oxygen atoms in total. The number of hydrogen-bond acceptors (Lipinski definition) is 7. The Morgan fingerprint density at radius 1 is 1.14 bits per heavy atom. The molecule has 3 aromatic heterocycles. The second kappa shape index (κ2) is 10.1. The number of alkyl halides is 1. The van der Waals surface area contributed by atoms with Crippen LogP contribution in [0.2, 0.25) is 0 Å². The van der Waals surface area contributed by atoms with Gasteiger partial charge in [-0.1, -0.05) is 6.07 Å². The van der Waals surface area contributed by atoms with Gasteiger partial charge in [-0.3, -0.25) is 19.4 Å². The van der Waals surface area contributed by atoms with E-state index in [1.54, 1.807) is 23.2 Å². The van der Waals surface area contributed by atoms with Gasteiger partial charge in [-0.25, -0.2) is 9.37 Å². The standard InChI is InChI=1S/C25H21BrFN7O3/c1-14(35)19-12-33(20-3-2-15(6-18(19)20)16-4-5-29-30-8-16)13-24(36)34-11-17(27)7-21(34)25(37)32-23-10-28-9-22(26)31-23/h2-6,8-10,12,17,21H,7,11,13H2,1H3,(H,31,32,37)/t17-,21+/m1/s1. The van der Waals surface area contributed by atoms with Crippen molar-refractivity contribution in [1.29, 1.82) is 0 Å². The summed E-state index contributed by atoms with van der Waals surface area (Å²) in [4.78, 5) is 47.9. The van der Waals surface area contributed by atoms with E-state index in [2.05, 4.69) is 41.4 Å². The van der Waals surface area contributed by atoms with Crippen molar-refractivity contribution in [1.82, 2.24) is 29.6 Å². The summed E-state index contributed by atoms with van der Waals surface area (Å²) in [6.45, 7) is 1.10. The number of halogens is 2. The Morgan fingerprint density at radius 3 is 2.70 bits per heavy atom.